The third-order valence-corrected chi connectivity index (χ3v) is 4.76. The number of halogens is 2. The average Bonchev–Trinajstić information content (AvgIpc) is 2.89. The molecule has 2 aromatic rings. The van der Waals surface area contributed by atoms with E-state index in [2.05, 4.69) is 5.32 Å². The lowest BCUT2D eigenvalue weighted by Crippen LogP contribution is -2.17. The summed E-state index contributed by atoms with van der Waals surface area (Å²) < 4.78 is 5.39. The zero-order chi connectivity index (χ0) is 18.0. The van der Waals surface area contributed by atoms with Gasteiger partial charge in [0.05, 0.1) is 20.5 Å². The van der Waals surface area contributed by atoms with Crippen LogP contribution in [0.3, 0.4) is 0 Å². The number of nitrogens with one attached hydrogen (secondary N) is 1. The second-order valence-electron chi connectivity index (χ2n) is 4.91. The summed E-state index contributed by atoms with van der Waals surface area (Å²) in [5, 5.41) is 2.29. The van der Waals surface area contributed by atoms with Crippen molar-refractivity contribution >= 4 is 58.2 Å². The van der Waals surface area contributed by atoms with Gasteiger partial charge in [-0.3, -0.25) is 14.9 Å². The highest BCUT2D eigenvalue weighted by Crippen LogP contribution is 2.30. The summed E-state index contributed by atoms with van der Waals surface area (Å²) in [6.07, 6.45) is 1.49. The molecule has 0 saturated carbocycles. The Morgan fingerprint density at radius 2 is 1.84 bits per heavy atom. The van der Waals surface area contributed by atoms with E-state index in [0.717, 1.165) is 11.8 Å². The molecule has 1 aliphatic heterocycles. The van der Waals surface area contributed by atoms with E-state index in [1.165, 1.54) is 24.3 Å². The highest BCUT2D eigenvalue weighted by Gasteiger charge is 2.25. The van der Waals surface area contributed by atoms with Crippen molar-refractivity contribution in [3.8, 4) is 5.75 Å². The van der Waals surface area contributed by atoms with Crippen molar-refractivity contribution in [2.75, 3.05) is 0 Å². The molecule has 0 bridgehead atoms. The monoisotopic (exact) mass is 393 g/mol. The molecule has 0 atom stereocenters. The van der Waals surface area contributed by atoms with E-state index in [-0.39, 0.29) is 21.2 Å². The maximum absolute atomic E-state index is 12.3. The van der Waals surface area contributed by atoms with Crippen molar-refractivity contribution in [3.63, 3.8) is 0 Å². The Kier molecular flexibility index (Phi) is 5.13. The standard InChI is InChI=1S/C17H9Cl2NO4S/c18-11-6-5-10(7-12(11)19)16(22)24-13-4-2-1-3-9(13)8-14-15(21)20-17(23)25-14/h1-8H,(H,20,21,23)/b14-8+. The zero-order valence-corrected chi connectivity index (χ0v) is 14.7. The Morgan fingerprint density at radius 1 is 1.08 bits per heavy atom. The lowest BCUT2D eigenvalue weighted by Gasteiger charge is -2.08. The highest BCUT2D eigenvalue weighted by molar-refractivity contribution is 8.18. The van der Waals surface area contributed by atoms with Crippen LogP contribution in [-0.4, -0.2) is 17.1 Å². The van der Waals surface area contributed by atoms with Crippen LogP contribution >= 0.6 is 35.0 Å². The number of benzene rings is 2. The van der Waals surface area contributed by atoms with E-state index >= 15 is 0 Å². The normalized spacial score (nSPS) is 15.4. The first-order valence-electron chi connectivity index (χ1n) is 6.95. The van der Waals surface area contributed by atoms with Gasteiger partial charge in [-0.05, 0) is 42.1 Å². The first-order valence-corrected chi connectivity index (χ1v) is 8.52. The summed E-state index contributed by atoms with van der Waals surface area (Å²) in [6, 6.07) is 11.1. The molecule has 8 heteroatoms. The lowest BCUT2D eigenvalue weighted by atomic mass is 10.1. The summed E-state index contributed by atoms with van der Waals surface area (Å²) in [7, 11) is 0. The summed E-state index contributed by atoms with van der Waals surface area (Å²) in [5.74, 6) is -0.858. The van der Waals surface area contributed by atoms with Crippen molar-refractivity contribution in [1.29, 1.82) is 0 Å². The van der Waals surface area contributed by atoms with Crippen LogP contribution in [0.1, 0.15) is 15.9 Å². The van der Waals surface area contributed by atoms with E-state index in [0.29, 0.717) is 10.6 Å². The first-order chi connectivity index (χ1) is 11.9. The van der Waals surface area contributed by atoms with Gasteiger partial charge in [0, 0.05) is 5.56 Å². The molecule has 0 aliphatic carbocycles. The molecule has 3 rings (SSSR count). The van der Waals surface area contributed by atoms with Crippen LogP contribution in [0.5, 0.6) is 5.75 Å². The maximum Gasteiger partial charge on any atom is 0.343 e. The van der Waals surface area contributed by atoms with E-state index in [1.807, 2.05) is 0 Å². The zero-order valence-electron chi connectivity index (χ0n) is 12.4. The van der Waals surface area contributed by atoms with Crippen molar-refractivity contribution in [3.05, 3.63) is 68.5 Å². The van der Waals surface area contributed by atoms with Gasteiger partial charge >= 0.3 is 5.97 Å². The molecular weight excluding hydrogens is 385 g/mol. The minimum Gasteiger partial charge on any atom is -0.422 e. The van der Waals surface area contributed by atoms with Gasteiger partial charge in [0.25, 0.3) is 11.1 Å². The van der Waals surface area contributed by atoms with Gasteiger partial charge in [-0.1, -0.05) is 41.4 Å². The first kappa shape index (κ1) is 17.5. The molecule has 0 radical (unpaired) electrons. The molecule has 5 nitrogen and oxygen atoms in total. The number of amides is 2. The molecule has 1 N–H and O–H groups in total. The number of carbonyl (C=O) groups is 3. The number of imide groups is 1. The molecule has 25 heavy (non-hydrogen) atoms. The molecule has 2 amide bonds. The van der Waals surface area contributed by atoms with Crippen LogP contribution in [0.15, 0.2) is 47.4 Å². The highest BCUT2D eigenvalue weighted by atomic mass is 35.5. The quantitative estimate of drug-likeness (QED) is 0.470. The summed E-state index contributed by atoms with van der Waals surface area (Å²) >= 11 is 12.5. The topological polar surface area (TPSA) is 72.5 Å². The Labute approximate surface area is 156 Å². The van der Waals surface area contributed by atoms with Crippen LogP contribution in [0.25, 0.3) is 6.08 Å². The van der Waals surface area contributed by atoms with Crippen molar-refractivity contribution < 1.29 is 19.1 Å². The number of thioether (sulfide) groups is 1. The minimum atomic E-state index is -0.621. The van der Waals surface area contributed by atoms with Gasteiger partial charge in [0.2, 0.25) is 0 Å². The summed E-state index contributed by atoms with van der Waals surface area (Å²) in [4.78, 5) is 35.4. The van der Waals surface area contributed by atoms with Gasteiger partial charge in [-0.25, -0.2) is 4.79 Å². The number of ether oxygens (including phenoxy) is 1. The Bertz CT molecular complexity index is 927. The fourth-order valence-electron chi connectivity index (χ4n) is 2.04. The van der Waals surface area contributed by atoms with Crippen molar-refractivity contribution in [1.82, 2.24) is 5.32 Å². The van der Waals surface area contributed by atoms with Crippen LogP contribution < -0.4 is 10.1 Å². The third-order valence-electron chi connectivity index (χ3n) is 3.21. The summed E-state index contributed by atoms with van der Waals surface area (Å²) in [6.45, 7) is 0. The molecule has 1 aliphatic rings. The molecule has 0 spiro atoms. The van der Waals surface area contributed by atoms with E-state index in [1.54, 1.807) is 24.3 Å². The van der Waals surface area contributed by atoms with Gasteiger partial charge in [-0.2, -0.15) is 0 Å². The van der Waals surface area contributed by atoms with Crippen molar-refractivity contribution in [2.45, 2.75) is 0 Å². The molecule has 2 aromatic carbocycles. The van der Waals surface area contributed by atoms with E-state index < -0.39 is 17.1 Å². The largest absolute Gasteiger partial charge is 0.422 e. The predicted molar refractivity (Wildman–Crippen MR) is 97.0 cm³/mol. The molecular formula is C17H9Cl2NO4S. The molecule has 1 heterocycles. The smallest absolute Gasteiger partial charge is 0.343 e. The number of hydrogen-bond acceptors (Lipinski definition) is 5. The Balaban J connectivity index is 1.87. The number of hydrogen-bond donors (Lipinski definition) is 1. The lowest BCUT2D eigenvalue weighted by molar-refractivity contribution is -0.115. The van der Waals surface area contributed by atoms with Crippen molar-refractivity contribution in [2.24, 2.45) is 0 Å². The fraction of sp³-hybridized carbons (Fsp3) is 0. The maximum atomic E-state index is 12.3. The van der Waals surface area contributed by atoms with Gasteiger partial charge in [-0.15, -0.1) is 0 Å². The Hall–Kier alpha value is -2.28. The number of carbonyl (C=O) groups excluding carboxylic acids is 3. The fourth-order valence-corrected chi connectivity index (χ4v) is 3.01. The van der Waals surface area contributed by atoms with Gasteiger partial charge < -0.3 is 4.74 Å². The summed E-state index contributed by atoms with van der Waals surface area (Å²) in [5.41, 5.74) is 0.725. The minimum absolute atomic E-state index is 0.225. The van der Waals surface area contributed by atoms with Gasteiger partial charge in [0.1, 0.15) is 5.75 Å². The number of para-hydroxylation sites is 1. The van der Waals surface area contributed by atoms with E-state index in [4.69, 9.17) is 27.9 Å². The van der Waals surface area contributed by atoms with Crippen LogP contribution in [0, 0.1) is 0 Å². The molecule has 126 valence electrons. The second kappa shape index (κ2) is 7.31. The predicted octanol–water partition coefficient (Wildman–Crippen LogP) is 4.54. The SMILES string of the molecule is O=C1NC(=O)/C(=C\c2ccccc2OC(=O)c2ccc(Cl)c(Cl)c2)S1. The number of rotatable bonds is 3. The molecule has 0 unspecified atom stereocenters. The van der Waals surface area contributed by atoms with Crippen LogP contribution in [0.4, 0.5) is 4.79 Å². The Morgan fingerprint density at radius 3 is 2.52 bits per heavy atom. The second-order valence-corrected chi connectivity index (χ2v) is 6.74. The van der Waals surface area contributed by atoms with E-state index in [9.17, 15) is 14.4 Å². The van der Waals surface area contributed by atoms with Crippen LogP contribution in [-0.2, 0) is 4.79 Å². The number of esters is 1. The van der Waals surface area contributed by atoms with Gasteiger partial charge in [0.15, 0.2) is 0 Å². The molecule has 0 aromatic heterocycles. The molecule has 1 fully saturated rings. The average molecular weight is 394 g/mol. The molecule has 1 saturated heterocycles. The van der Waals surface area contributed by atoms with Crippen LogP contribution in [0.2, 0.25) is 10.0 Å². The third kappa shape index (κ3) is 4.04.